The smallest absolute Gasteiger partial charge is 0.126 e. The lowest BCUT2D eigenvalue weighted by Gasteiger charge is -2.24. The van der Waals surface area contributed by atoms with Gasteiger partial charge in [-0.3, -0.25) is 0 Å². The summed E-state index contributed by atoms with van der Waals surface area (Å²) in [5.41, 5.74) is 7.10. The van der Waals surface area contributed by atoms with Gasteiger partial charge in [-0.1, -0.05) is 12.1 Å². The van der Waals surface area contributed by atoms with E-state index in [1.54, 1.807) is 30.5 Å². The third-order valence-corrected chi connectivity index (χ3v) is 3.61. The molecule has 1 atom stereocenters. The van der Waals surface area contributed by atoms with Gasteiger partial charge in [0.15, 0.2) is 0 Å². The van der Waals surface area contributed by atoms with Gasteiger partial charge in [-0.2, -0.15) is 0 Å². The molecule has 0 aliphatic rings. The first-order valence-corrected chi connectivity index (χ1v) is 6.31. The average Bonchev–Trinajstić information content (AvgIpc) is 2.73. The Morgan fingerprint density at radius 2 is 2.24 bits per heavy atom. The van der Waals surface area contributed by atoms with Crippen molar-refractivity contribution >= 4 is 11.3 Å². The topological polar surface area (TPSA) is 38.9 Å². The van der Waals surface area contributed by atoms with E-state index in [9.17, 15) is 4.39 Å². The van der Waals surface area contributed by atoms with E-state index in [0.717, 1.165) is 10.6 Å². The summed E-state index contributed by atoms with van der Waals surface area (Å²) < 4.78 is 13.5. The van der Waals surface area contributed by atoms with Crippen LogP contribution in [-0.2, 0) is 12.0 Å². The molecule has 0 fully saturated rings. The van der Waals surface area contributed by atoms with Gasteiger partial charge in [-0.15, -0.1) is 11.3 Å². The van der Waals surface area contributed by atoms with Gasteiger partial charge in [0, 0.05) is 23.5 Å². The Bertz CT molecular complexity index is 506. The number of rotatable bonds is 3. The highest BCUT2D eigenvalue weighted by Crippen LogP contribution is 2.25. The number of aryl methyl sites for hydroxylation is 1. The van der Waals surface area contributed by atoms with Gasteiger partial charge in [-0.05, 0) is 31.0 Å². The minimum atomic E-state index is -0.591. The number of aromatic nitrogens is 1. The Hall–Kier alpha value is -1.26. The van der Waals surface area contributed by atoms with Crippen LogP contribution < -0.4 is 5.73 Å². The first kappa shape index (κ1) is 12.2. The zero-order valence-corrected chi connectivity index (χ0v) is 10.7. The molecule has 2 N–H and O–H groups in total. The van der Waals surface area contributed by atoms with Crippen LogP contribution in [0.1, 0.15) is 23.1 Å². The Balaban J connectivity index is 2.27. The van der Waals surface area contributed by atoms with Gasteiger partial charge in [0.05, 0.1) is 5.01 Å². The first-order chi connectivity index (χ1) is 7.99. The monoisotopic (exact) mass is 250 g/mol. The van der Waals surface area contributed by atoms with Crippen molar-refractivity contribution in [3.05, 3.63) is 51.7 Å². The fourth-order valence-electron chi connectivity index (χ4n) is 1.70. The molecule has 0 aliphatic heterocycles. The Labute approximate surface area is 104 Å². The molecule has 2 rings (SSSR count). The summed E-state index contributed by atoms with van der Waals surface area (Å²) in [7, 11) is 0. The quantitative estimate of drug-likeness (QED) is 0.909. The predicted octanol–water partition coefficient (Wildman–Crippen LogP) is 3.01. The van der Waals surface area contributed by atoms with Gasteiger partial charge >= 0.3 is 0 Å². The lowest BCUT2D eigenvalue weighted by atomic mass is 9.89. The number of nitrogens with zero attached hydrogens (tertiary/aromatic N) is 1. The van der Waals surface area contributed by atoms with Crippen LogP contribution in [0.4, 0.5) is 4.39 Å². The van der Waals surface area contributed by atoms with E-state index in [1.807, 2.05) is 18.4 Å². The molecule has 0 spiro atoms. The van der Waals surface area contributed by atoms with Crippen LogP contribution in [0, 0.1) is 12.7 Å². The minimum absolute atomic E-state index is 0.210. The van der Waals surface area contributed by atoms with E-state index < -0.39 is 5.54 Å². The van der Waals surface area contributed by atoms with Crippen molar-refractivity contribution in [2.45, 2.75) is 25.8 Å². The lowest BCUT2D eigenvalue weighted by Crippen LogP contribution is -2.35. The van der Waals surface area contributed by atoms with Crippen molar-refractivity contribution in [1.82, 2.24) is 4.98 Å². The maximum absolute atomic E-state index is 13.5. The van der Waals surface area contributed by atoms with Crippen molar-refractivity contribution in [3.8, 4) is 0 Å². The summed E-state index contributed by atoms with van der Waals surface area (Å²) in [6.07, 6.45) is 2.37. The Morgan fingerprint density at radius 1 is 1.47 bits per heavy atom. The van der Waals surface area contributed by atoms with Crippen LogP contribution in [0.5, 0.6) is 0 Å². The molecule has 1 unspecified atom stereocenters. The second-order valence-electron chi connectivity index (χ2n) is 4.48. The number of hydrogen-bond donors (Lipinski definition) is 1. The second-order valence-corrected chi connectivity index (χ2v) is 5.46. The van der Waals surface area contributed by atoms with Crippen LogP contribution in [0.3, 0.4) is 0 Å². The van der Waals surface area contributed by atoms with Crippen LogP contribution in [0.25, 0.3) is 0 Å². The summed E-state index contributed by atoms with van der Waals surface area (Å²) in [6, 6.07) is 5.16. The summed E-state index contributed by atoms with van der Waals surface area (Å²) in [4.78, 5) is 4.21. The van der Waals surface area contributed by atoms with Gasteiger partial charge < -0.3 is 5.73 Å². The molecule has 17 heavy (non-hydrogen) atoms. The Morgan fingerprint density at radius 3 is 2.82 bits per heavy atom. The fourth-order valence-corrected chi connectivity index (χ4v) is 2.49. The molecule has 0 amide bonds. The fraction of sp³-hybridized carbons (Fsp3) is 0.308. The highest BCUT2D eigenvalue weighted by molar-refractivity contribution is 7.09. The molecule has 0 saturated carbocycles. The SMILES string of the molecule is Cc1ccc(C(C)(N)Cc2nccs2)cc1F. The number of benzene rings is 1. The highest BCUT2D eigenvalue weighted by Gasteiger charge is 2.23. The zero-order valence-electron chi connectivity index (χ0n) is 9.90. The zero-order chi connectivity index (χ0) is 12.5. The highest BCUT2D eigenvalue weighted by atomic mass is 32.1. The van der Waals surface area contributed by atoms with E-state index >= 15 is 0 Å². The summed E-state index contributed by atoms with van der Waals surface area (Å²) in [5.74, 6) is -0.210. The van der Waals surface area contributed by atoms with Gasteiger partial charge in [0.1, 0.15) is 5.82 Å². The van der Waals surface area contributed by atoms with Crippen molar-refractivity contribution < 1.29 is 4.39 Å². The maximum Gasteiger partial charge on any atom is 0.126 e. The van der Waals surface area contributed by atoms with Crippen LogP contribution in [0.15, 0.2) is 29.8 Å². The third-order valence-electron chi connectivity index (χ3n) is 2.83. The van der Waals surface area contributed by atoms with Crippen molar-refractivity contribution in [2.75, 3.05) is 0 Å². The van der Waals surface area contributed by atoms with Crippen molar-refractivity contribution in [2.24, 2.45) is 5.73 Å². The second kappa shape index (κ2) is 4.55. The molecular weight excluding hydrogens is 235 g/mol. The van der Waals surface area contributed by atoms with Gasteiger partial charge in [-0.25, -0.2) is 9.37 Å². The summed E-state index contributed by atoms with van der Waals surface area (Å²) >= 11 is 1.57. The average molecular weight is 250 g/mol. The number of thiazole rings is 1. The number of nitrogens with two attached hydrogens (primary N) is 1. The van der Waals surface area contributed by atoms with E-state index in [0.29, 0.717) is 12.0 Å². The van der Waals surface area contributed by atoms with Crippen molar-refractivity contribution in [1.29, 1.82) is 0 Å². The van der Waals surface area contributed by atoms with Gasteiger partial charge in [0.2, 0.25) is 0 Å². The molecule has 4 heteroatoms. The first-order valence-electron chi connectivity index (χ1n) is 5.43. The molecule has 90 valence electrons. The predicted molar refractivity (Wildman–Crippen MR) is 68.5 cm³/mol. The Kier molecular flexibility index (Phi) is 3.26. The number of halogens is 1. The molecule has 2 nitrogen and oxygen atoms in total. The summed E-state index contributed by atoms with van der Waals surface area (Å²) in [6.45, 7) is 3.65. The molecule has 2 aromatic rings. The van der Waals surface area contributed by atoms with Crippen LogP contribution in [0.2, 0.25) is 0 Å². The van der Waals surface area contributed by atoms with Crippen LogP contribution in [-0.4, -0.2) is 4.98 Å². The lowest BCUT2D eigenvalue weighted by molar-refractivity contribution is 0.484. The standard InChI is InChI=1S/C13H15FN2S/c1-9-3-4-10(7-11(9)14)13(2,15)8-12-16-5-6-17-12/h3-7H,8,15H2,1-2H3. The molecule has 0 aliphatic carbocycles. The van der Waals surface area contributed by atoms with E-state index in [2.05, 4.69) is 4.98 Å². The van der Waals surface area contributed by atoms with E-state index in [1.165, 1.54) is 6.07 Å². The van der Waals surface area contributed by atoms with Crippen molar-refractivity contribution in [3.63, 3.8) is 0 Å². The van der Waals surface area contributed by atoms with E-state index in [-0.39, 0.29) is 5.82 Å². The molecule has 1 aromatic carbocycles. The number of hydrogen-bond acceptors (Lipinski definition) is 3. The third kappa shape index (κ3) is 2.70. The minimum Gasteiger partial charge on any atom is -0.321 e. The largest absolute Gasteiger partial charge is 0.321 e. The molecule has 0 bridgehead atoms. The molecule has 1 heterocycles. The molecule has 1 aromatic heterocycles. The van der Waals surface area contributed by atoms with Gasteiger partial charge in [0.25, 0.3) is 0 Å². The molecular formula is C13H15FN2S. The van der Waals surface area contributed by atoms with Crippen LogP contribution >= 0.6 is 11.3 Å². The summed E-state index contributed by atoms with van der Waals surface area (Å²) in [5, 5.41) is 2.89. The van der Waals surface area contributed by atoms with E-state index in [4.69, 9.17) is 5.73 Å². The maximum atomic E-state index is 13.5. The molecule has 0 radical (unpaired) electrons. The normalized spacial score (nSPS) is 14.6. The molecule has 0 saturated heterocycles.